The van der Waals surface area contributed by atoms with Gasteiger partial charge < -0.3 is 9.15 Å². The molecule has 5 rings (SSSR count). The Morgan fingerprint density at radius 2 is 1.77 bits per heavy atom. The highest BCUT2D eigenvalue weighted by molar-refractivity contribution is 7.89. The third kappa shape index (κ3) is 5.84. The van der Waals surface area contributed by atoms with Crippen LogP contribution in [0.15, 0.2) is 82.3 Å². The maximum atomic E-state index is 13.5. The topological polar surface area (TPSA) is 76.8 Å². The first-order chi connectivity index (χ1) is 18.5. The van der Waals surface area contributed by atoms with Crippen LogP contribution in [0.4, 0.5) is 17.6 Å². The molecule has 1 aliphatic heterocycles. The SMILES string of the molecule is O=C(CCc1cccc(Oc2ccc(C(F)(F)F)cc2)c1)C1CCCN1S(=O)(=O)c1cc2cc(F)ccc2o1. The first-order valence-electron chi connectivity index (χ1n) is 12.2. The average Bonchev–Trinajstić information content (AvgIpc) is 3.55. The van der Waals surface area contributed by atoms with Gasteiger partial charge in [0.2, 0.25) is 5.09 Å². The summed E-state index contributed by atoms with van der Waals surface area (Å²) in [4.78, 5) is 13.1. The second-order valence-electron chi connectivity index (χ2n) is 9.26. The molecule has 6 nitrogen and oxygen atoms in total. The first-order valence-corrected chi connectivity index (χ1v) is 13.6. The lowest BCUT2D eigenvalue weighted by Gasteiger charge is -2.21. The molecule has 0 aliphatic carbocycles. The Balaban J connectivity index is 1.24. The van der Waals surface area contributed by atoms with Crippen molar-refractivity contribution in [2.24, 2.45) is 0 Å². The highest BCUT2D eigenvalue weighted by atomic mass is 32.2. The van der Waals surface area contributed by atoms with Crippen molar-refractivity contribution in [2.45, 2.75) is 43.0 Å². The van der Waals surface area contributed by atoms with E-state index in [4.69, 9.17) is 9.15 Å². The van der Waals surface area contributed by atoms with Crippen molar-refractivity contribution >= 4 is 26.8 Å². The number of benzene rings is 3. The molecule has 1 atom stereocenters. The zero-order valence-electron chi connectivity index (χ0n) is 20.4. The van der Waals surface area contributed by atoms with Crippen LogP contribution in [0.1, 0.15) is 30.4 Å². The van der Waals surface area contributed by atoms with Gasteiger partial charge in [0.25, 0.3) is 10.0 Å². The van der Waals surface area contributed by atoms with Gasteiger partial charge in [-0.1, -0.05) is 12.1 Å². The smallest absolute Gasteiger partial charge is 0.416 e. The van der Waals surface area contributed by atoms with Crippen molar-refractivity contribution in [3.05, 3.63) is 89.7 Å². The van der Waals surface area contributed by atoms with Crippen LogP contribution in [0.2, 0.25) is 0 Å². The number of carbonyl (C=O) groups is 1. The largest absolute Gasteiger partial charge is 0.457 e. The number of rotatable bonds is 8. The number of carbonyl (C=O) groups excluding carboxylic acids is 1. The predicted molar refractivity (Wildman–Crippen MR) is 134 cm³/mol. The molecule has 1 aromatic heterocycles. The molecule has 11 heteroatoms. The summed E-state index contributed by atoms with van der Waals surface area (Å²) in [5, 5.41) is -0.0232. The van der Waals surface area contributed by atoms with Crippen LogP contribution in [-0.2, 0) is 27.4 Å². The number of fused-ring (bicyclic) bond motifs is 1. The summed E-state index contributed by atoms with van der Waals surface area (Å²) in [5.74, 6) is -0.134. The van der Waals surface area contributed by atoms with Gasteiger partial charge in [-0.25, -0.2) is 12.8 Å². The van der Waals surface area contributed by atoms with Crippen LogP contribution >= 0.6 is 0 Å². The summed E-state index contributed by atoms with van der Waals surface area (Å²) in [6.45, 7) is 0.167. The van der Waals surface area contributed by atoms with E-state index >= 15 is 0 Å². The third-order valence-electron chi connectivity index (χ3n) is 6.57. The molecular weight excluding hydrogens is 538 g/mol. The Labute approximate surface area is 221 Å². The van der Waals surface area contributed by atoms with Gasteiger partial charge in [0.05, 0.1) is 11.6 Å². The molecule has 0 saturated carbocycles. The number of ketones is 1. The number of hydrogen-bond acceptors (Lipinski definition) is 5. The Morgan fingerprint density at radius 3 is 2.51 bits per heavy atom. The second-order valence-corrected chi connectivity index (χ2v) is 11.1. The van der Waals surface area contributed by atoms with Crippen LogP contribution < -0.4 is 4.74 Å². The van der Waals surface area contributed by atoms with Crippen molar-refractivity contribution < 1.29 is 39.9 Å². The van der Waals surface area contributed by atoms with E-state index in [0.29, 0.717) is 30.4 Å². The average molecular weight is 562 g/mol. The first kappa shape index (κ1) is 26.9. The van der Waals surface area contributed by atoms with Crippen LogP contribution in [0, 0.1) is 5.82 Å². The molecule has 4 aromatic rings. The van der Waals surface area contributed by atoms with E-state index in [9.17, 15) is 30.8 Å². The standard InChI is InChI=1S/C28H23F4NO5S/c29-21-9-13-26-19(16-21)17-27(38-26)39(35,36)33-14-2-5-24(33)25(34)12-6-18-3-1-4-23(15-18)37-22-10-7-20(8-11-22)28(30,31)32/h1,3-4,7-11,13,15-17,24H,2,5-6,12,14H2. The van der Waals surface area contributed by atoms with Gasteiger partial charge in [-0.2, -0.15) is 17.5 Å². The minimum Gasteiger partial charge on any atom is -0.457 e. The summed E-state index contributed by atoms with van der Waals surface area (Å²) in [6, 6.07) is 15.3. The number of halogens is 4. The fraction of sp³-hybridized carbons (Fsp3) is 0.250. The molecule has 0 bridgehead atoms. The van der Waals surface area contributed by atoms with Crippen molar-refractivity contribution in [2.75, 3.05) is 6.54 Å². The Kier molecular flexibility index (Phi) is 7.21. The van der Waals surface area contributed by atoms with Gasteiger partial charge in [0, 0.05) is 24.4 Å². The van der Waals surface area contributed by atoms with E-state index in [1.807, 2.05) is 0 Å². The summed E-state index contributed by atoms with van der Waals surface area (Å²) < 4.78 is 90.7. The summed E-state index contributed by atoms with van der Waals surface area (Å²) in [6.07, 6.45) is -3.15. The molecule has 1 saturated heterocycles. The minimum absolute atomic E-state index is 0.0752. The fourth-order valence-electron chi connectivity index (χ4n) is 4.63. The van der Waals surface area contributed by atoms with Crippen molar-refractivity contribution in [1.29, 1.82) is 0 Å². The number of alkyl halides is 3. The monoisotopic (exact) mass is 561 g/mol. The number of Topliss-reactive ketones (excluding diaryl/α,β-unsaturated/α-hetero) is 1. The molecule has 0 radical (unpaired) electrons. The normalized spacial score (nSPS) is 16.6. The predicted octanol–water partition coefficient (Wildman–Crippen LogP) is 6.74. The van der Waals surface area contributed by atoms with E-state index in [-0.39, 0.29) is 35.2 Å². The molecule has 0 N–H and O–H groups in total. The Bertz CT molecular complexity index is 1610. The van der Waals surface area contributed by atoms with Gasteiger partial charge in [0.15, 0.2) is 5.78 Å². The van der Waals surface area contributed by atoms with E-state index in [1.54, 1.807) is 24.3 Å². The van der Waals surface area contributed by atoms with E-state index in [0.717, 1.165) is 22.0 Å². The molecule has 1 unspecified atom stereocenters. The maximum absolute atomic E-state index is 13.5. The molecule has 0 spiro atoms. The molecule has 204 valence electrons. The van der Waals surface area contributed by atoms with Crippen molar-refractivity contribution in [3.63, 3.8) is 0 Å². The zero-order chi connectivity index (χ0) is 27.8. The fourth-order valence-corrected chi connectivity index (χ4v) is 6.26. The third-order valence-corrected chi connectivity index (χ3v) is 8.33. The van der Waals surface area contributed by atoms with Gasteiger partial charge in [-0.05, 0) is 79.4 Å². The molecule has 0 amide bonds. The van der Waals surface area contributed by atoms with Crippen molar-refractivity contribution in [1.82, 2.24) is 4.31 Å². The van der Waals surface area contributed by atoms with Crippen molar-refractivity contribution in [3.8, 4) is 11.5 Å². The van der Waals surface area contributed by atoms with E-state index in [2.05, 4.69) is 0 Å². The molecule has 3 aromatic carbocycles. The van der Waals surface area contributed by atoms with Gasteiger partial charge in [-0.15, -0.1) is 0 Å². The van der Waals surface area contributed by atoms with Gasteiger partial charge in [0.1, 0.15) is 22.9 Å². The number of sulfonamides is 1. The molecule has 1 fully saturated rings. The number of ether oxygens (including phenoxy) is 1. The highest BCUT2D eigenvalue weighted by Gasteiger charge is 2.40. The Morgan fingerprint density at radius 1 is 1.00 bits per heavy atom. The lowest BCUT2D eigenvalue weighted by atomic mass is 10.0. The summed E-state index contributed by atoms with van der Waals surface area (Å²) >= 11 is 0. The number of nitrogens with zero attached hydrogens (tertiary/aromatic N) is 1. The van der Waals surface area contributed by atoms with Gasteiger partial charge in [-0.3, -0.25) is 4.79 Å². The highest BCUT2D eigenvalue weighted by Crippen LogP contribution is 2.33. The van der Waals surface area contributed by atoms with E-state index in [1.165, 1.54) is 36.4 Å². The molecule has 1 aliphatic rings. The van der Waals surface area contributed by atoms with Gasteiger partial charge >= 0.3 is 6.18 Å². The van der Waals surface area contributed by atoms with E-state index < -0.39 is 33.6 Å². The van der Waals surface area contributed by atoms with Crippen LogP contribution in [0.5, 0.6) is 11.5 Å². The van der Waals surface area contributed by atoms with Crippen LogP contribution in [-0.4, -0.2) is 31.1 Å². The summed E-state index contributed by atoms with van der Waals surface area (Å²) in [5.41, 5.74) is 0.203. The second kappa shape index (κ2) is 10.5. The number of hydrogen-bond donors (Lipinski definition) is 0. The maximum Gasteiger partial charge on any atom is 0.416 e. The zero-order valence-corrected chi connectivity index (χ0v) is 21.3. The molecular formula is C28H23F4NO5S. The van der Waals surface area contributed by atoms with Crippen LogP contribution in [0.3, 0.4) is 0 Å². The Hall–Kier alpha value is -3.70. The minimum atomic E-state index is -4.44. The molecule has 39 heavy (non-hydrogen) atoms. The lowest BCUT2D eigenvalue weighted by Crippen LogP contribution is -2.40. The van der Waals surface area contributed by atoms with Crippen LogP contribution in [0.25, 0.3) is 11.0 Å². The number of aryl methyl sites for hydroxylation is 1. The molecule has 2 heterocycles. The quantitative estimate of drug-likeness (QED) is 0.223. The number of furan rings is 1. The summed E-state index contributed by atoms with van der Waals surface area (Å²) in [7, 11) is -4.11. The lowest BCUT2D eigenvalue weighted by molar-refractivity contribution is -0.137.